The number of hydrogen-bond acceptors (Lipinski definition) is 4. The van der Waals surface area contributed by atoms with Crippen LogP contribution in [0.3, 0.4) is 0 Å². The van der Waals surface area contributed by atoms with E-state index in [9.17, 15) is 14.4 Å². The van der Waals surface area contributed by atoms with Gasteiger partial charge in [0.15, 0.2) is 5.78 Å². The Labute approximate surface area is 166 Å². The summed E-state index contributed by atoms with van der Waals surface area (Å²) < 4.78 is 1.12. The smallest absolute Gasteiger partial charge is 0.275 e. The van der Waals surface area contributed by atoms with Crippen LogP contribution in [0.2, 0.25) is 0 Å². The Morgan fingerprint density at radius 2 is 1.59 bits per heavy atom. The van der Waals surface area contributed by atoms with Gasteiger partial charge in [-0.3, -0.25) is 14.4 Å². The van der Waals surface area contributed by atoms with Crippen molar-refractivity contribution < 1.29 is 9.59 Å². The Kier molecular flexibility index (Phi) is 4.99. The van der Waals surface area contributed by atoms with E-state index < -0.39 is 5.91 Å². The van der Waals surface area contributed by atoms with Crippen LogP contribution < -0.4 is 10.9 Å². The molecule has 1 aromatic heterocycles. The molecule has 0 atom stereocenters. The molecule has 4 rings (SSSR count). The number of amides is 1. The van der Waals surface area contributed by atoms with Crippen LogP contribution in [-0.4, -0.2) is 21.5 Å². The summed E-state index contributed by atoms with van der Waals surface area (Å²) in [5.74, 6) is -0.534. The number of benzene rings is 3. The predicted octanol–water partition coefficient (Wildman–Crippen LogP) is 3.27. The second kappa shape index (κ2) is 7.90. The molecule has 0 bridgehead atoms. The number of hydrogen-bond donors (Lipinski definition) is 1. The molecule has 0 aliphatic heterocycles. The van der Waals surface area contributed by atoms with E-state index in [1.54, 1.807) is 72.9 Å². The number of fused-ring (bicyclic) bond motifs is 1. The summed E-state index contributed by atoms with van der Waals surface area (Å²) in [7, 11) is 0. The van der Waals surface area contributed by atoms with Gasteiger partial charge in [-0.2, -0.15) is 5.10 Å². The first kappa shape index (κ1) is 18.3. The van der Waals surface area contributed by atoms with Gasteiger partial charge in [-0.1, -0.05) is 60.7 Å². The largest absolute Gasteiger partial charge is 0.324 e. The van der Waals surface area contributed by atoms with Gasteiger partial charge in [0, 0.05) is 22.2 Å². The summed E-state index contributed by atoms with van der Waals surface area (Å²) in [6.45, 7) is -0.222. The van der Waals surface area contributed by atoms with E-state index in [1.807, 2.05) is 12.1 Å². The maximum Gasteiger partial charge on any atom is 0.275 e. The monoisotopic (exact) mass is 383 g/mol. The number of rotatable bonds is 5. The zero-order valence-corrected chi connectivity index (χ0v) is 15.4. The molecule has 0 saturated heterocycles. The number of nitrogens with zero attached hydrogens (tertiary/aromatic N) is 2. The SMILES string of the molecule is O=C(Cn1ncc2ccccc2c1=O)Nc1cccc(C(=O)c2ccccc2)c1. The Morgan fingerprint density at radius 3 is 2.41 bits per heavy atom. The van der Waals surface area contributed by atoms with Crippen LogP contribution in [0.4, 0.5) is 5.69 Å². The van der Waals surface area contributed by atoms with E-state index in [4.69, 9.17) is 0 Å². The lowest BCUT2D eigenvalue weighted by atomic mass is 10.0. The van der Waals surface area contributed by atoms with E-state index in [1.165, 1.54) is 0 Å². The Bertz CT molecular complexity index is 1260. The standard InChI is InChI=1S/C23H17N3O3/c27-21(15-26-23(29)20-12-5-4-9-18(20)14-24-26)25-19-11-6-10-17(13-19)22(28)16-7-2-1-3-8-16/h1-14H,15H2,(H,25,27). The molecule has 0 aliphatic carbocycles. The van der Waals surface area contributed by atoms with Gasteiger partial charge in [0.2, 0.25) is 5.91 Å². The quantitative estimate of drug-likeness (QED) is 0.537. The van der Waals surface area contributed by atoms with Crippen molar-refractivity contribution >= 4 is 28.2 Å². The predicted molar refractivity (Wildman–Crippen MR) is 111 cm³/mol. The van der Waals surface area contributed by atoms with Gasteiger partial charge in [-0.25, -0.2) is 4.68 Å². The normalized spacial score (nSPS) is 10.6. The van der Waals surface area contributed by atoms with Crippen molar-refractivity contribution in [3.63, 3.8) is 0 Å². The Balaban J connectivity index is 1.51. The topological polar surface area (TPSA) is 81.1 Å². The lowest BCUT2D eigenvalue weighted by molar-refractivity contribution is -0.117. The van der Waals surface area contributed by atoms with E-state index in [-0.39, 0.29) is 17.9 Å². The van der Waals surface area contributed by atoms with Crippen LogP contribution in [0.25, 0.3) is 10.8 Å². The highest BCUT2D eigenvalue weighted by Crippen LogP contribution is 2.15. The molecule has 0 unspecified atom stereocenters. The number of aromatic nitrogens is 2. The number of carbonyl (C=O) groups is 2. The number of carbonyl (C=O) groups excluding carboxylic acids is 2. The minimum absolute atomic E-state index is 0.130. The maximum atomic E-state index is 12.6. The molecule has 0 aliphatic rings. The van der Waals surface area contributed by atoms with Gasteiger partial charge in [0.05, 0.1) is 11.6 Å². The maximum absolute atomic E-state index is 12.6. The molecular weight excluding hydrogens is 366 g/mol. The summed E-state index contributed by atoms with van der Waals surface area (Å²) >= 11 is 0. The molecular formula is C23H17N3O3. The third-order valence-electron chi connectivity index (χ3n) is 4.50. The van der Waals surface area contributed by atoms with Crippen molar-refractivity contribution in [3.05, 3.63) is 107 Å². The molecule has 6 nitrogen and oxygen atoms in total. The average Bonchev–Trinajstić information content (AvgIpc) is 2.76. The van der Waals surface area contributed by atoms with Gasteiger partial charge in [0.1, 0.15) is 6.54 Å². The molecule has 0 spiro atoms. The lowest BCUT2D eigenvalue weighted by Gasteiger charge is -2.09. The molecule has 4 aromatic rings. The third kappa shape index (κ3) is 3.96. The summed E-state index contributed by atoms with van der Waals surface area (Å²) in [5, 5.41) is 8.01. The molecule has 1 amide bonds. The van der Waals surface area contributed by atoms with Crippen molar-refractivity contribution in [3.8, 4) is 0 Å². The third-order valence-corrected chi connectivity index (χ3v) is 4.50. The van der Waals surface area contributed by atoms with Crippen molar-refractivity contribution in [1.29, 1.82) is 0 Å². The first-order valence-corrected chi connectivity index (χ1v) is 9.06. The van der Waals surface area contributed by atoms with Crippen molar-refractivity contribution in [2.75, 3.05) is 5.32 Å². The number of anilines is 1. The van der Waals surface area contributed by atoms with Crippen LogP contribution >= 0.6 is 0 Å². The van der Waals surface area contributed by atoms with E-state index in [2.05, 4.69) is 10.4 Å². The van der Waals surface area contributed by atoms with Crippen molar-refractivity contribution in [2.45, 2.75) is 6.54 Å². The summed E-state index contributed by atoms with van der Waals surface area (Å²) in [6, 6.07) is 22.7. The Morgan fingerprint density at radius 1 is 0.862 bits per heavy atom. The van der Waals surface area contributed by atoms with Gasteiger partial charge in [-0.05, 0) is 18.2 Å². The molecule has 1 heterocycles. The lowest BCUT2D eigenvalue weighted by Crippen LogP contribution is -2.29. The van der Waals surface area contributed by atoms with Crippen LogP contribution in [0.15, 0.2) is 89.9 Å². The second-order valence-corrected chi connectivity index (χ2v) is 6.52. The second-order valence-electron chi connectivity index (χ2n) is 6.52. The van der Waals surface area contributed by atoms with Gasteiger partial charge in [-0.15, -0.1) is 0 Å². The minimum atomic E-state index is -0.404. The van der Waals surface area contributed by atoms with Gasteiger partial charge >= 0.3 is 0 Å². The van der Waals surface area contributed by atoms with Crippen LogP contribution in [0.5, 0.6) is 0 Å². The fourth-order valence-electron chi connectivity index (χ4n) is 3.07. The first-order chi connectivity index (χ1) is 14.1. The molecule has 1 N–H and O–H groups in total. The van der Waals surface area contributed by atoms with Crippen molar-refractivity contribution in [2.24, 2.45) is 0 Å². The highest BCUT2D eigenvalue weighted by Gasteiger charge is 2.12. The van der Waals surface area contributed by atoms with E-state index in [0.29, 0.717) is 22.2 Å². The fourth-order valence-corrected chi connectivity index (χ4v) is 3.07. The van der Waals surface area contributed by atoms with Crippen LogP contribution in [0, 0.1) is 0 Å². The van der Waals surface area contributed by atoms with Crippen molar-refractivity contribution in [1.82, 2.24) is 9.78 Å². The van der Waals surface area contributed by atoms with Crippen LogP contribution in [-0.2, 0) is 11.3 Å². The van der Waals surface area contributed by atoms with Crippen LogP contribution in [0.1, 0.15) is 15.9 Å². The zero-order valence-electron chi connectivity index (χ0n) is 15.4. The molecule has 142 valence electrons. The summed E-state index contributed by atoms with van der Waals surface area (Å²) in [5.41, 5.74) is 1.19. The summed E-state index contributed by atoms with van der Waals surface area (Å²) in [4.78, 5) is 37.5. The van der Waals surface area contributed by atoms with Gasteiger partial charge < -0.3 is 5.32 Å². The zero-order chi connectivity index (χ0) is 20.2. The molecule has 0 radical (unpaired) electrons. The van der Waals surface area contributed by atoms with Gasteiger partial charge in [0.25, 0.3) is 5.56 Å². The summed E-state index contributed by atoms with van der Waals surface area (Å²) in [6.07, 6.45) is 1.56. The molecule has 0 saturated carbocycles. The average molecular weight is 383 g/mol. The molecule has 29 heavy (non-hydrogen) atoms. The highest BCUT2D eigenvalue weighted by molar-refractivity contribution is 6.09. The van der Waals surface area contributed by atoms with E-state index in [0.717, 1.165) is 10.1 Å². The fraction of sp³-hybridized carbons (Fsp3) is 0.0435. The molecule has 3 aromatic carbocycles. The number of ketones is 1. The molecule has 0 fully saturated rings. The highest BCUT2D eigenvalue weighted by atomic mass is 16.2. The first-order valence-electron chi connectivity index (χ1n) is 9.06. The minimum Gasteiger partial charge on any atom is -0.324 e. The number of nitrogens with one attached hydrogen (secondary N) is 1. The molecule has 6 heteroatoms. The van der Waals surface area contributed by atoms with E-state index >= 15 is 0 Å². The Hall–Kier alpha value is -4.06.